The van der Waals surface area contributed by atoms with Gasteiger partial charge in [-0.3, -0.25) is 4.79 Å². The first-order valence-electron chi connectivity index (χ1n) is 8.56. The first-order valence-corrected chi connectivity index (χ1v) is 9.44. The maximum atomic E-state index is 11.9. The summed E-state index contributed by atoms with van der Waals surface area (Å²) in [6.45, 7) is 1.80. The molecule has 6 nitrogen and oxygen atoms in total. The van der Waals surface area contributed by atoms with Gasteiger partial charge >= 0.3 is 0 Å². The highest BCUT2D eigenvalue weighted by Gasteiger charge is 2.13. The number of anilines is 1. The Morgan fingerprint density at radius 3 is 2.85 bits per heavy atom. The van der Waals surface area contributed by atoms with Crippen LogP contribution in [0.15, 0.2) is 42.0 Å². The SMILES string of the molecule is COCCCNC(=O)CCNc1ncnc2scc(-c3ccccc3)c12. The fraction of sp³-hybridized carbons (Fsp3) is 0.316. The Kier molecular flexibility index (Phi) is 6.51. The van der Waals surface area contributed by atoms with E-state index >= 15 is 0 Å². The summed E-state index contributed by atoms with van der Waals surface area (Å²) in [5, 5.41) is 9.27. The van der Waals surface area contributed by atoms with E-state index in [9.17, 15) is 4.79 Å². The monoisotopic (exact) mass is 370 g/mol. The molecule has 0 saturated carbocycles. The molecule has 0 fully saturated rings. The molecule has 2 heterocycles. The van der Waals surface area contributed by atoms with E-state index in [0.29, 0.717) is 26.1 Å². The summed E-state index contributed by atoms with van der Waals surface area (Å²) in [7, 11) is 1.66. The van der Waals surface area contributed by atoms with Crippen LogP contribution in [0.5, 0.6) is 0 Å². The number of fused-ring (bicyclic) bond motifs is 1. The van der Waals surface area contributed by atoms with Gasteiger partial charge in [0, 0.05) is 44.2 Å². The minimum absolute atomic E-state index is 0.0208. The highest BCUT2D eigenvalue weighted by Crippen LogP contribution is 2.36. The smallest absolute Gasteiger partial charge is 0.221 e. The lowest BCUT2D eigenvalue weighted by atomic mass is 10.1. The number of hydrogen-bond donors (Lipinski definition) is 2. The van der Waals surface area contributed by atoms with Crippen LogP contribution in [0, 0.1) is 0 Å². The number of hydrogen-bond acceptors (Lipinski definition) is 6. The molecule has 2 aromatic heterocycles. The molecule has 7 heteroatoms. The van der Waals surface area contributed by atoms with Crippen LogP contribution in [-0.2, 0) is 9.53 Å². The summed E-state index contributed by atoms with van der Waals surface area (Å²) in [5.74, 6) is 0.787. The van der Waals surface area contributed by atoms with Crippen molar-refractivity contribution in [1.82, 2.24) is 15.3 Å². The van der Waals surface area contributed by atoms with E-state index in [4.69, 9.17) is 4.74 Å². The van der Waals surface area contributed by atoms with Gasteiger partial charge in [-0.25, -0.2) is 9.97 Å². The fourth-order valence-electron chi connectivity index (χ4n) is 2.67. The van der Waals surface area contributed by atoms with Crippen LogP contribution in [0.4, 0.5) is 5.82 Å². The molecule has 0 spiro atoms. The van der Waals surface area contributed by atoms with Crippen molar-refractivity contribution in [2.24, 2.45) is 0 Å². The topological polar surface area (TPSA) is 76.1 Å². The molecule has 3 rings (SSSR count). The van der Waals surface area contributed by atoms with Crippen molar-refractivity contribution in [1.29, 1.82) is 0 Å². The average molecular weight is 370 g/mol. The van der Waals surface area contributed by atoms with Gasteiger partial charge in [-0.15, -0.1) is 11.3 Å². The molecular weight excluding hydrogens is 348 g/mol. The highest BCUT2D eigenvalue weighted by molar-refractivity contribution is 7.17. The van der Waals surface area contributed by atoms with Crippen molar-refractivity contribution < 1.29 is 9.53 Å². The molecule has 0 aliphatic heterocycles. The molecule has 0 radical (unpaired) electrons. The molecule has 0 aliphatic rings. The number of carbonyl (C=O) groups is 1. The predicted octanol–water partition coefficient (Wildman–Crippen LogP) is 3.31. The van der Waals surface area contributed by atoms with E-state index in [2.05, 4.69) is 38.1 Å². The van der Waals surface area contributed by atoms with Crippen LogP contribution in [0.25, 0.3) is 21.3 Å². The van der Waals surface area contributed by atoms with E-state index in [-0.39, 0.29) is 5.91 Å². The number of aromatic nitrogens is 2. The van der Waals surface area contributed by atoms with Crippen LogP contribution >= 0.6 is 11.3 Å². The number of rotatable bonds is 9. The largest absolute Gasteiger partial charge is 0.385 e. The lowest BCUT2D eigenvalue weighted by molar-refractivity contribution is -0.120. The number of carbonyl (C=O) groups excluding carboxylic acids is 1. The van der Waals surface area contributed by atoms with Crippen LogP contribution in [0.1, 0.15) is 12.8 Å². The zero-order chi connectivity index (χ0) is 18.2. The van der Waals surface area contributed by atoms with Gasteiger partial charge in [-0.05, 0) is 12.0 Å². The second-order valence-corrected chi connectivity index (χ2v) is 6.65. The molecule has 3 aromatic rings. The van der Waals surface area contributed by atoms with E-state index in [1.807, 2.05) is 18.2 Å². The molecule has 1 amide bonds. The number of ether oxygens (including phenoxy) is 1. The molecule has 0 unspecified atom stereocenters. The molecule has 0 atom stereocenters. The molecule has 1 aromatic carbocycles. The maximum Gasteiger partial charge on any atom is 0.221 e. The highest BCUT2D eigenvalue weighted by atomic mass is 32.1. The fourth-order valence-corrected chi connectivity index (χ4v) is 3.58. The second-order valence-electron chi connectivity index (χ2n) is 5.79. The third-order valence-electron chi connectivity index (χ3n) is 3.95. The maximum absolute atomic E-state index is 11.9. The Hall–Kier alpha value is -2.51. The molecule has 0 aliphatic carbocycles. The lowest BCUT2D eigenvalue weighted by Gasteiger charge is -2.09. The van der Waals surface area contributed by atoms with Gasteiger partial charge in [0.05, 0.1) is 5.39 Å². The number of benzene rings is 1. The van der Waals surface area contributed by atoms with Crippen molar-refractivity contribution in [3.8, 4) is 11.1 Å². The summed E-state index contributed by atoms with van der Waals surface area (Å²) in [4.78, 5) is 21.6. The van der Waals surface area contributed by atoms with Gasteiger partial charge < -0.3 is 15.4 Å². The van der Waals surface area contributed by atoms with Gasteiger partial charge in [0.1, 0.15) is 17.0 Å². The third-order valence-corrected chi connectivity index (χ3v) is 4.83. The molecule has 136 valence electrons. The van der Waals surface area contributed by atoms with Crippen LogP contribution in [0.2, 0.25) is 0 Å². The Bertz CT molecular complexity index is 851. The number of amides is 1. The van der Waals surface area contributed by atoms with Gasteiger partial charge in [0.15, 0.2) is 0 Å². The third kappa shape index (κ3) is 4.56. The van der Waals surface area contributed by atoms with E-state index in [1.54, 1.807) is 24.8 Å². The predicted molar refractivity (Wildman–Crippen MR) is 105 cm³/mol. The van der Waals surface area contributed by atoms with Crippen LogP contribution < -0.4 is 10.6 Å². The number of methoxy groups -OCH3 is 1. The molecule has 0 saturated heterocycles. The van der Waals surface area contributed by atoms with Gasteiger partial charge in [0.2, 0.25) is 5.91 Å². The summed E-state index contributed by atoms with van der Waals surface area (Å²) in [5.41, 5.74) is 2.24. The summed E-state index contributed by atoms with van der Waals surface area (Å²) in [6.07, 6.45) is 2.77. The van der Waals surface area contributed by atoms with Crippen molar-refractivity contribution in [3.05, 3.63) is 42.0 Å². The van der Waals surface area contributed by atoms with E-state index < -0.39 is 0 Å². The van der Waals surface area contributed by atoms with Crippen molar-refractivity contribution >= 4 is 33.3 Å². The Morgan fingerprint density at radius 2 is 2.04 bits per heavy atom. The number of nitrogens with zero attached hydrogens (tertiary/aromatic N) is 2. The molecule has 2 N–H and O–H groups in total. The standard InChI is InChI=1S/C19H22N4O2S/c1-25-11-5-9-20-16(24)8-10-21-18-17-15(14-6-3-2-4-7-14)12-26-19(17)23-13-22-18/h2-4,6-7,12-13H,5,8-11H2,1H3,(H,20,24)(H,21,22,23). The quantitative estimate of drug-likeness (QED) is 0.565. The molecule has 26 heavy (non-hydrogen) atoms. The normalized spacial score (nSPS) is 10.8. The summed E-state index contributed by atoms with van der Waals surface area (Å²) < 4.78 is 4.97. The average Bonchev–Trinajstić information content (AvgIpc) is 3.11. The lowest BCUT2D eigenvalue weighted by Crippen LogP contribution is -2.27. The zero-order valence-corrected chi connectivity index (χ0v) is 15.5. The first-order chi connectivity index (χ1) is 12.8. The molecule has 0 bridgehead atoms. The minimum Gasteiger partial charge on any atom is -0.385 e. The Morgan fingerprint density at radius 1 is 1.19 bits per heavy atom. The summed E-state index contributed by atoms with van der Waals surface area (Å²) >= 11 is 1.60. The van der Waals surface area contributed by atoms with Crippen molar-refractivity contribution in [3.63, 3.8) is 0 Å². The number of thiophene rings is 1. The Balaban J connectivity index is 1.65. The minimum atomic E-state index is 0.0208. The van der Waals surface area contributed by atoms with Gasteiger partial charge in [0.25, 0.3) is 0 Å². The molecular formula is C19H22N4O2S. The van der Waals surface area contributed by atoms with Gasteiger partial charge in [-0.2, -0.15) is 0 Å². The van der Waals surface area contributed by atoms with Crippen LogP contribution in [0.3, 0.4) is 0 Å². The first kappa shape index (κ1) is 18.3. The van der Waals surface area contributed by atoms with Crippen LogP contribution in [-0.4, -0.2) is 42.7 Å². The number of nitrogens with one attached hydrogen (secondary N) is 2. The second kappa shape index (κ2) is 9.26. The van der Waals surface area contributed by atoms with E-state index in [0.717, 1.165) is 33.6 Å². The van der Waals surface area contributed by atoms with Crippen molar-refractivity contribution in [2.75, 3.05) is 32.1 Å². The van der Waals surface area contributed by atoms with Crippen molar-refractivity contribution in [2.45, 2.75) is 12.8 Å². The van der Waals surface area contributed by atoms with Gasteiger partial charge in [-0.1, -0.05) is 30.3 Å². The van der Waals surface area contributed by atoms with E-state index in [1.165, 1.54) is 0 Å². The summed E-state index contributed by atoms with van der Waals surface area (Å²) in [6, 6.07) is 10.2. The zero-order valence-electron chi connectivity index (χ0n) is 14.7. The Labute approximate surface area is 156 Å².